The number of nitrogens with zero attached hydrogens (tertiary/aromatic N) is 1. The molecule has 0 aliphatic heterocycles. The second-order valence-corrected chi connectivity index (χ2v) is 5.43. The largest absolute Gasteiger partial charge is 0.370 e. The molecule has 0 aliphatic carbocycles. The van der Waals surface area contributed by atoms with Crippen LogP contribution in [0.15, 0.2) is 48.5 Å². The molecule has 0 radical (unpaired) electrons. The van der Waals surface area contributed by atoms with Gasteiger partial charge in [-0.25, -0.2) is 0 Å². The summed E-state index contributed by atoms with van der Waals surface area (Å²) in [6.45, 7) is 2.88. The maximum absolute atomic E-state index is 6.23. The molecule has 0 fully saturated rings. The Labute approximate surface area is 126 Å². The first-order valence-corrected chi connectivity index (χ1v) is 7.30. The number of benzene rings is 2. The highest BCUT2D eigenvalue weighted by molar-refractivity contribution is 6.31. The summed E-state index contributed by atoms with van der Waals surface area (Å²) in [4.78, 5) is 2.20. The van der Waals surface area contributed by atoms with E-state index in [1.807, 2.05) is 30.3 Å². The third-order valence-corrected chi connectivity index (χ3v) is 3.92. The smallest absolute Gasteiger partial charge is 0.0455 e. The van der Waals surface area contributed by atoms with Crippen molar-refractivity contribution in [2.24, 2.45) is 5.73 Å². The Balaban J connectivity index is 2.26. The minimum atomic E-state index is 0.0693. The Morgan fingerprint density at radius 2 is 1.75 bits per heavy atom. The quantitative estimate of drug-likeness (QED) is 0.884. The van der Waals surface area contributed by atoms with Crippen molar-refractivity contribution in [1.82, 2.24) is 0 Å². The summed E-state index contributed by atoms with van der Waals surface area (Å²) in [7, 11) is 2.07. The number of halogens is 1. The summed E-state index contributed by atoms with van der Waals surface area (Å²) in [5.74, 6) is 0. The van der Waals surface area contributed by atoms with Crippen molar-refractivity contribution in [3.8, 4) is 0 Å². The number of hydrogen-bond acceptors (Lipinski definition) is 2. The van der Waals surface area contributed by atoms with Crippen LogP contribution in [0.4, 0.5) is 5.69 Å². The summed E-state index contributed by atoms with van der Waals surface area (Å²) in [6, 6.07) is 16.3. The first-order chi connectivity index (χ1) is 9.63. The molecule has 1 atom stereocenters. The van der Waals surface area contributed by atoms with Crippen LogP contribution in [0, 0.1) is 0 Å². The molecule has 0 unspecified atom stereocenters. The van der Waals surface area contributed by atoms with Gasteiger partial charge in [0.2, 0.25) is 0 Å². The van der Waals surface area contributed by atoms with Gasteiger partial charge < -0.3 is 10.6 Å². The Morgan fingerprint density at radius 1 is 1.10 bits per heavy atom. The van der Waals surface area contributed by atoms with Crippen LogP contribution in [-0.2, 0) is 6.54 Å². The van der Waals surface area contributed by atoms with Crippen molar-refractivity contribution in [2.75, 3.05) is 11.9 Å². The zero-order chi connectivity index (χ0) is 14.5. The highest BCUT2D eigenvalue weighted by Gasteiger charge is 2.13. The second kappa shape index (κ2) is 6.78. The van der Waals surface area contributed by atoms with Gasteiger partial charge in [-0.2, -0.15) is 0 Å². The van der Waals surface area contributed by atoms with Crippen LogP contribution < -0.4 is 10.6 Å². The molecule has 2 aromatic rings. The van der Waals surface area contributed by atoms with E-state index >= 15 is 0 Å². The maximum atomic E-state index is 6.23. The molecule has 0 bridgehead atoms. The number of nitrogens with two attached hydrogens (primary N) is 1. The van der Waals surface area contributed by atoms with Gasteiger partial charge in [-0.05, 0) is 29.7 Å². The van der Waals surface area contributed by atoms with E-state index in [1.54, 1.807) is 0 Å². The normalized spacial score (nSPS) is 12.2. The van der Waals surface area contributed by atoms with E-state index in [0.717, 1.165) is 23.6 Å². The summed E-state index contributed by atoms with van der Waals surface area (Å²) in [5.41, 5.74) is 9.68. The fourth-order valence-corrected chi connectivity index (χ4v) is 2.53. The SMILES string of the molecule is CC[C@@H](N)c1ccccc1N(C)Cc1ccccc1Cl. The second-order valence-electron chi connectivity index (χ2n) is 5.02. The molecule has 2 rings (SSSR count). The molecule has 0 amide bonds. The topological polar surface area (TPSA) is 29.3 Å². The first-order valence-electron chi connectivity index (χ1n) is 6.92. The molecule has 0 spiro atoms. The predicted molar refractivity (Wildman–Crippen MR) is 87.2 cm³/mol. The van der Waals surface area contributed by atoms with Crippen molar-refractivity contribution in [3.05, 3.63) is 64.7 Å². The molecule has 3 heteroatoms. The lowest BCUT2D eigenvalue weighted by Crippen LogP contribution is -2.21. The molecule has 20 heavy (non-hydrogen) atoms. The first kappa shape index (κ1) is 14.9. The lowest BCUT2D eigenvalue weighted by atomic mass is 10.0. The molecule has 0 saturated heterocycles. The van der Waals surface area contributed by atoms with Gasteiger partial charge in [0.05, 0.1) is 0 Å². The summed E-state index contributed by atoms with van der Waals surface area (Å²) in [5, 5.41) is 0.802. The van der Waals surface area contributed by atoms with Gasteiger partial charge in [0.15, 0.2) is 0 Å². The Morgan fingerprint density at radius 3 is 2.45 bits per heavy atom. The Bertz CT molecular complexity index is 568. The fraction of sp³-hybridized carbons (Fsp3) is 0.294. The van der Waals surface area contributed by atoms with E-state index in [1.165, 1.54) is 11.3 Å². The zero-order valence-electron chi connectivity index (χ0n) is 12.0. The molecule has 2 nitrogen and oxygen atoms in total. The van der Waals surface area contributed by atoms with Crippen LogP contribution in [0.5, 0.6) is 0 Å². The van der Waals surface area contributed by atoms with Gasteiger partial charge >= 0.3 is 0 Å². The van der Waals surface area contributed by atoms with Gasteiger partial charge in [0.1, 0.15) is 0 Å². The van der Waals surface area contributed by atoms with Crippen LogP contribution in [0.2, 0.25) is 5.02 Å². The van der Waals surface area contributed by atoms with E-state index in [-0.39, 0.29) is 6.04 Å². The average molecular weight is 289 g/mol. The van der Waals surface area contributed by atoms with Crippen LogP contribution >= 0.6 is 11.6 Å². The standard InChI is InChI=1S/C17H21ClN2/c1-3-16(19)14-9-5-7-11-17(14)20(2)12-13-8-4-6-10-15(13)18/h4-11,16H,3,12,19H2,1-2H3/t16-/m1/s1. The molecular formula is C17H21ClN2. The van der Waals surface area contributed by atoms with E-state index in [2.05, 4.69) is 37.1 Å². The Hall–Kier alpha value is -1.51. The number of anilines is 1. The molecule has 0 saturated carbocycles. The van der Waals surface area contributed by atoms with Gasteiger partial charge in [0, 0.05) is 30.3 Å². The minimum Gasteiger partial charge on any atom is -0.370 e. The Kier molecular flexibility index (Phi) is 5.05. The molecule has 2 aromatic carbocycles. The van der Waals surface area contributed by atoms with E-state index < -0.39 is 0 Å². The van der Waals surface area contributed by atoms with Crippen LogP contribution in [0.25, 0.3) is 0 Å². The van der Waals surface area contributed by atoms with E-state index in [9.17, 15) is 0 Å². The minimum absolute atomic E-state index is 0.0693. The van der Waals surface area contributed by atoms with Crippen molar-refractivity contribution in [1.29, 1.82) is 0 Å². The van der Waals surface area contributed by atoms with Crippen molar-refractivity contribution in [2.45, 2.75) is 25.9 Å². The van der Waals surface area contributed by atoms with Crippen molar-refractivity contribution >= 4 is 17.3 Å². The predicted octanol–water partition coefficient (Wildman–Crippen LogP) is 4.39. The molecule has 0 aliphatic rings. The molecular weight excluding hydrogens is 268 g/mol. The average Bonchev–Trinajstić information content (AvgIpc) is 2.48. The lowest BCUT2D eigenvalue weighted by molar-refractivity contribution is 0.694. The van der Waals surface area contributed by atoms with Crippen LogP contribution in [-0.4, -0.2) is 7.05 Å². The fourth-order valence-electron chi connectivity index (χ4n) is 2.34. The van der Waals surface area contributed by atoms with Gasteiger partial charge in [-0.1, -0.05) is 54.9 Å². The van der Waals surface area contributed by atoms with Gasteiger partial charge in [0.25, 0.3) is 0 Å². The van der Waals surface area contributed by atoms with Crippen LogP contribution in [0.3, 0.4) is 0 Å². The lowest BCUT2D eigenvalue weighted by Gasteiger charge is -2.25. The maximum Gasteiger partial charge on any atom is 0.0455 e. The van der Waals surface area contributed by atoms with Crippen molar-refractivity contribution in [3.63, 3.8) is 0 Å². The number of para-hydroxylation sites is 1. The molecule has 2 N–H and O–H groups in total. The molecule has 0 heterocycles. The third-order valence-electron chi connectivity index (χ3n) is 3.55. The monoisotopic (exact) mass is 288 g/mol. The van der Waals surface area contributed by atoms with Gasteiger partial charge in [-0.3, -0.25) is 0 Å². The van der Waals surface area contributed by atoms with Crippen LogP contribution in [0.1, 0.15) is 30.5 Å². The van der Waals surface area contributed by atoms with Crippen molar-refractivity contribution < 1.29 is 0 Å². The molecule has 106 valence electrons. The zero-order valence-corrected chi connectivity index (χ0v) is 12.8. The summed E-state index contributed by atoms with van der Waals surface area (Å²) < 4.78 is 0. The van der Waals surface area contributed by atoms with E-state index in [4.69, 9.17) is 17.3 Å². The summed E-state index contributed by atoms with van der Waals surface area (Å²) in [6.07, 6.45) is 0.928. The van der Waals surface area contributed by atoms with E-state index in [0.29, 0.717) is 0 Å². The van der Waals surface area contributed by atoms with Gasteiger partial charge in [-0.15, -0.1) is 0 Å². The number of hydrogen-bond donors (Lipinski definition) is 1. The number of rotatable bonds is 5. The third kappa shape index (κ3) is 3.33. The molecule has 0 aromatic heterocycles. The summed E-state index contributed by atoms with van der Waals surface area (Å²) >= 11 is 6.23. The highest BCUT2D eigenvalue weighted by atomic mass is 35.5. The highest BCUT2D eigenvalue weighted by Crippen LogP contribution is 2.28.